The van der Waals surface area contributed by atoms with E-state index in [9.17, 15) is 0 Å². The van der Waals surface area contributed by atoms with Gasteiger partial charge in [-0.2, -0.15) is 0 Å². The van der Waals surface area contributed by atoms with Crippen LogP contribution in [-0.4, -0.2) is 29.8 Å². The zero-order valence-electron chi connectivity index (χ0n) is 12.7. The van der Waals surface area contributed by atoms with E-state index >= 15 is 0 Å². The first-order valence-electron chi connectivity index (χ1n) is 6.67. The summed E-state index contributed by atoms with van der Waals surface area (Å²) < 4.78 is 0. The molecule has 0 bridgehead atoms. The van der Waals surface area contributed by atoms with Crippen molar-refractivity contribution in [3.05, 3.63) is 6.07 Å². The van der Waals surface area contributed by atoms with Crippen LogP contribution in [0.4, 0.5) is 11.6 Å². The van der Waals surface area contributed by atoms with E-state index in [0.29, 0.717) is 16.7 Å². The van der Waals surface area contributed by atoms with E-state index < -0.39 is 0 Å². The minimum Gasteiger partial charge on any atom is -0.373 e. The molecular formula is C14H24N4S. The van der Waals surface area contributed by atoms with Gasteiger partial charge >= 0.3 is 0 Å². The lowest BCUT2D eigenvalue weighted by Gasteiger charge is -2.09. The van der Waals surface area contributed by atoms with Crippen LogP contribution in [0.15, 0.2) is 11.2 Å². The highest BCUT2D eigenvalue weighted by Gasteiger charge is 2.64. The van der Waals surface area contributed by atoms with Crippen molar-refractivity contribution < 1.29 is 0 Å². The summed E-state index contributed by atoms with van der Waals surface area (Å²) in [6.07, 6.45) is 1.99. The maximum absolute atomic E-state index is 4.50. The molecule has 0 unspecified atom stereocenters. The van der Waals surface area contributed by atoms with Crippen LogP contribution in [-0.2, 0) is 0 Å². The van der Waals surface area contributed by atoms with Crippen LogP contribution in [0.5, 0.6) is 0 Å². The van der Waals surface area contributed by atoms with Crippen LogP contribution in [0.3, 0.4) is 0 Å². The predicted octanol–water partition coefficient (Wildman–Crippen LogP) is 3.33. The Kier molecular flexibility index (Phi) is 3.69. The van der Waals surface area contributed by atoms with Gasteiger partial charge in [-0.25, -0.2) is 9.97 Å². The number of hydrogen-bond acceptors (Lipinski definition) is 5. The van der Waals surface area contributed by atoms with Gasteiger partial charge in [0.1, 0.15) is 11.6 Å². The van der Waals surface area contributed by atoms with Gasteiger partial charge in [0.25, 0.3) is 0 Å². The van der Waals surface area contributed by atoms with Gasteiger partial charge in [-0.15, -0.1) is 0 Å². The Bertz CT molecular complexity index is 434. The Labute approximate surface area is 120 Å². The van der Waals surface area contributed by atoms with Gasteiger partial charge in [-0.05, 0) is 23.0 Å². The second-order valence-corrected chi connectivity index (χ2v) is 7.03. The number of thioether (sulfide) groups is 1. The molecule has 1 aliphatic rings. The van der Waals surface area contributed by atoms with Crippen LogP contribution in [0.1, 0.15) is 27.7 Å². The van der Waals surface area contributed by atoms with Gasteiger partial charge in [0.2, 0.25) is 0 Å². The molecule has 0 aromatic carbocycles. The Hall–Kier alpha value is -0.970. The Balaban J connectivity index is 2.05. The van der Waals surface area contributed by atoms with E-state index in [-0.39, 0.29) is 0 Å². The van der Waals surface area contributed by atoms with Crippen molar-refractivity contribution >= 4 is 23.4 Å². The van der Waals surface area contributed by atoms with Crippen molar-refractivity contribution in [1.82, 2.24) is 9.97 Å². The third-order valence-corrected chi connectivity index (χ3v) is 5.50. The highest BCUT2D eigenvalue weighted by molar-refractivity contribution is 7.98. The Morgan fingerprint density at radius 3 is 2.21 bits per heavy atom. The Morgan fingerprint density at radius 1 is 1.16 bits per heavy atom. The van der Waals surface area contributed by atoms with E-state index in [4.69, 9.17) is 0 Å². The summed E-state index contributed by atoms with van der Waals surface area (Å²) in [5, 5.41) is 7.33. The van der Waals surface area contributed by atoms with Crippen LogP contribution in [0.2, 0.25) is 0 Å². The molecule has 0 amide bonds. The number of nitrogens with zero attached hydrogens (tertiary/aromatic N) is 2. The summed E-state index contributed by atoms with van der Waals surface area (Å²) in [4.78, 5) is 8.87. The topological polar surface area (TPSA) is 49.8 Å². The molecule has 2 N–H and O–H groups in total. The average Bonchev–Trinajstić information content (AvgIpc) is 2.76. The van der Waals surface area contributed by atoms with Crippen molar-refractivity contribution in [1.29, 1.82) is 0 Å². The number of rotatable bonds is 5. The van der Waals surface area contributed by atoms with E-state index in [2.05, 4.69) is 48.3 Å². The second-order valence-electron chi connectivity index (χ2n) is 6.25. The van der Waals surface area contributed by atoms with Gasteiger partial charge in [0.15, 0.2) is 5.16 Å². The van der Waals surface area contributed by atoms with E-state index in [1.165, 1.54) is 0 Å². The fraction of sp³-hybridized carbons (Fsp3) is 0.714. The number of nitrogens with one attached hydrogen (secondary N) is 2. The SMILES string of the molecule is CNc1cc(NCC2C(C)(C)C2(C)C)nc(SC)n1. The predicted molar refractivity (Wildman–Crippen MR) is 82.9 cm³/mol. The molecule has 1 aliphatic carbocycles. The molecule has 0 spiro atoms. The summed E-state index contributed by atoms with van der Waals surface area (Å²) in [5.74, 6) is 2.45. The van der Waals surface area contributed by atoms with E-state index in [1.807, 2.05) is 19.4 Å². The van der Waals surface area contributed by atoms with Crippen LogP contribution >= 0.6 is 11.8 Å². The molecule has 0 saturated heterocycles. The third-order valence-electron chi connectivity index (χ3n) is 4.95. The molecule has 0 aliphatic heterocycles. The number of aromatic nitrogens is 2. The molecule has 4 nitrogen and oxygen atoms in total. The van der Waals surface area contributed by atoms with Gasteiger partial charge in [0.05, 0.1) is 0 Å². The maximum atomic E-state index is 4.50. The van der Waals surface area contributed by atoms with Gasteiger partial charge in [-0.3, -0.25) is 0 Å². The lowest BCUT2D eigenvalue weighted by Crippen LogP contribution is -2.10. The van der Waals surface area contributed by atoms with Gasteiger partial charge in [0, 0.05) is 19.7 Å². The standard InChI is InChI=1S/C14H24N4S/c1-13(2)9(14(13,3)4)8-16-11-7-10(15-5)17-12(18-11)19-6/h7,9H,8H2,1-6H3,(H2,15,16,17,18). The fourth-order valence-corrected chi connectivity index (χ4v) is 3.16. The largest absolute Gasteiger partial charge is 0.373 e. The zero-order valence-corrected chi connectivity index (χ0v) is 13.5. The monoisotopic (exact) mass is 280 g/mol. The molecule has 106 valence electrons. The molecule has 19 heavy (non-hydrogen) atoms. The summed E-state index contributed by atoms with van der Waals surface area (Å²) in [6.45, 7) is 10.3. The van der Waals surface area contributed by atoms with Crippen LogP contribution in [0, 0.1) is 16.7 Å². The summed E-state index contributed by atoms with van der Waals surface area (Å²) in [5.41, 5.74) is 0.808. The number of anilines is 2. The minimum absolute atomic E-state index is 0.404. The van der Waals surface area contributed by atoms with Gasteiger partial charge < -0.3 is 10.6 Å². The van der Waals surface area contributed by atoms with Crippen molar-refractivity contribution in [2.24, 2.45) is 16.7 Å². The Morgan fingerprint density at radius 2 is 1.74 bits per heavy atom. The zero-order chi connectivity index (χ0) is 14.3. The molecule has 1 aromatic heterocycles. The summed E-state index contributed by atoms with van der Waals surface area (Å²) in [6, 6.07) is 1.96. The molecule has 5 heteroatoms. The minimum atomic E-state index is 0.404. The second kappa shape index (κ2) is 4.85. The first-order chi connectivity index (χ1) is 8.82. The smallest absolute Gasteiger partial charge is 0.191 e. The third kappa shape index (κ3) is 2.53. The first kappa shape index (κ1) is 14.4. The molecule has 1 aromatic rings. The molecule has 1 saturated carbocycles. The van der Waals surface area contributed by atoms with E-state index in [0.717, 1.165) is 23.3 Å². The molecular weight excluding hydrogens is 256 g/mol. The molecule has 2 rings (SSSR count). The lowest BCUT2D eigenvalue weighted by atomic mass is 10.0. The van der Waals surface area contributed by atoms with Crippen molar-refractivity contribution in [3.63, 3.8) is 0 Å². The summed E-state index contributed by atoms with van der Waals surface area (Å²) >= 11 is 1.56. The van der Waals surface area contributed by atoms with Crippen LogP contribution in [0.25, 0.3) is 0 Å². The molecule has 0 atom stereocenters. The molecule has 1 fully saturated rings. The van der Waals surface area contributed by atoms with Gasteiger partial charge in [-0.1, -0.05) is 39.5 Å². The highest BCUT2D eigenvalue weighted by Crippen LogP contribution is 2.68. The van der Waals surface area contributed by atoms with Crippen molar-refractivity contribution in [3.8, 4) is 0 Å². The normalized spacial score (nSPS) is 20.1. The van der Waals surface area contributed by atoms with E-state index in [1.54, 1.807) is 11.8 Å². The maximum Gasteiger partial charge on any atom is 0.191 e. The fourth-order valence-electron chi connectivity index (χ4n) is 2.79. The lowest BCUT2D eigenvalue weighted by molar-refractivity contribution is 0.457. The first-order valence-corrected chi connectivity index (χ1v) is 7.90. The molecule has 1 heterocycles. The molecule has 0 radical (unpaired) electrons. The van der Waals surface area contributed by atoms with Crippen molar-refractivity contribution in [2.75, 3.05) is 30.5 Å². The number of hydrogen-bond donors (Lipinski definition) is 2. The van der Waals surface area contributed by atoms with Crippen LogP contribution < -0.4 is 10.6 Å². The summed E-state index contributed by atoms with van der Waals surface area (Å²) in [7, 11) is 1.88. The highest BCUT2D eigenvalue weighted by atomic mass is 32.2. The average molecular weight is 280 g/mol. The quantitative estimate of drug-likeness (QED) is 0.640. The van der Waals surface area contributed by atoms with Crippen molar-refractivity contribution in [2.45, 2.75) is 32.9 Å².